The number of benzene rings is 1. The zero-order valence-corrected chi connectivity index (χ0v) is 12.7. The van der Waals surface area contributed by atoms with Gasteiger partial charge in [-0.25, -0.2) is 8.42 Å². The average molecular weight is 317 g/mol. The van der Waals surface area contributed by atoms with Gasteiger partial charge in [-0.3, -0.25) is 4.79 Å². The summed E-state index contributed by atoms with van der Waals surface area (Å²) in [6, 6.07) is 6.09. The molecule has 1 aliphatic rings. The summed E-state index contributed by atoms with van der Waals surface area (Å²) in [6.07, 6.45) is 3.33. The van der Waals surface area contributed by atoms with Gasteiger partial charge in [-0.15, -0.1) is 0 Å². The first-order valence-electron chi connectivity index (χ1n) is 6.41. The van der Waals surface area contributed by atoms with Gasteiger partial charge in [-0.2, -0.15) is 4.31 Å². The van der Waals surface area contributed by atoms with Crippen molar-refractivity contribution in [2.45, 2.75) is 25.3 Å². The molecule has 110 valence electrons. The Hall–Kier alpha value is -1.11. The molecule has 1 amide bonds. The largest absolute Gasteiger partial charge is 0.325 e. The molecule has 5 nitrogen and oxygen atoms in total. The fourth-order valence-electron chi connectivity index (χ4n) is 2.32. The van der Waals surface area contributed by atoms with Gasteiger partial charge >= 0.3 is 0 Å². The first-order chi connectivity index (χ1) is 9.38. The van der Waals surface area contributed by atoms with Crippen LogP contribution in [0.15, 0.2) is 24.3 Å². The number of sulfonamides is 1. The summed E-state index contributed by atoms with van der Waals surface area (Å²) in [5, 5.41) is 3.32. The van der Waals surface area contributed by atoms with Crippen molar-refractivity contribution in [3.8, 4) is 0 Å². The van der Waals surface area contributed by atoms with Crippen LogP contribution in [0.1, 0.15) is 19.3 Å². The van der Waals surface area contributed by atoms with Crippen molar-refractivity contribution in [2.24, 2.45) is 0 Å². The van der Waals surface area contributed by atoms with E-state index in [9.17, 15) is 13.2 Å². The Morgan fingerprint density at radius 1 is 1.30 bits per heavy atom. The molecule has 1 atom stereocenters. The standard InChI is InChI=1S/C13H17ClN2O3S/c1-20(18,19)16-9-3-2-4-12(16)13(17)15-11-7-5-10(14)6-8-11/h5-8,12H,2-4,9H2,1H3,(H,15,17)/t12-/m1/s1. The predicted octanol–water partition coefficient (Wildman–Crippen LogP) is 2.09. The predicted molar refractivity (Wildman–Crippen MR) is 79.3 cm³/mol. The zero-order chi connectivity index (χ0) is 14.8. The summed E-state index contributed by atoms with van der Waals surface area (Å²) < 4.78 is 24.7. The lowest BCUT2D eigenvalue weighted by molar-refractivity contribution is -0.120. The summed E-state index contributed by atoms with van der Waals surface area (Å²) in [6.45, 7) is 0.400. The number of nitrogens with one attached hydrogen (secondary N) is 1. The molecule has 0 saturated carbocycles. The number of nitrogens with zero attached hydrogens (tertiary/aromatic N) is 1. The maximum atomic E-state index is 12.3. The lowest BCUT2D eigenvalue weighted by Crippen LogP contribution is -2.49. The SMILES string of the molecule is CS(=O)(=O)N1CCCC[C@@H]1C(=O)Nc1ccc(Cl)cc1. The normalized spacial score (nSPS) is 20.6. The number of piperidine rings is 1. The highest BCUT2D eigenvalue weighted by Crippen LogP contribution is 2.22. The van der Waals surface area contributed by atoms with E-state index >= 15 is 0 Å². The smallest absolute Gasteiger partial charge is 0.242 e. The third-order valence-corrected chi connectivity index (χ3v) is 4.84. The summed E-state index contributed by atoms with van der Waals surface area (Å²) in [7, 11) is -3.37. The third kappa shape index (κ3) is 3.71. The van der Waals surface area contributed by atoms with Crippen LogP contribution in [-0.2, 0) is 14.8 Å². The van der Waals surface area contributed by atoms with Crippen LogP contribution >= 0.6 is 11.6 Å². The second kappa shape index (κ2) is 6.11. The summed E-state index contributed by atoms with van der Waals surface area (Å²) in [5.41, 5.74) is 0.610. The van der Waals surface area contributed by atoms with Crippen LogP contribution in [-0.4, -0.2) is 37.5 Å². The molecule has 1 saturated heterocycles. The molecule has 0 aromatic heterocycles. The lowest BCUT2D eigenvalue weighted by atomic mass is 10.0. The zero-order valence-electron chi connectivity index (χ0n) is 11.2. The van der Waals surface area contributed by atoms with E-state index in [1.165, 1.54) is 4.31 Å². The molecule has 0 bridgehead atoms. The maximum Gasteiger partial charge on any atom is 0.242 e. The van der Waals surface area contributed by atoms with Crippen molar-refractivity contribution >= 4 is 33.2 Å². The Bertz CT molecular complexity index is 586. The molecule has 1 aliphatic heterocycles. The van der Waals surface area contributed by atoms with Crippen molar-refractivity contribution < 1.29 is 13.2 Å². The molecule has 1 heterocycles. The molecule has 1 aromatic carbocycles. The maximum absolute atomic E-state index is 12.3. The lowest BCUT2D eigenvalue weighted by Gasteiger charge is -2.32. The average Bonchev–Trinajstić information content (AvgIpc) is 2.40. The molecule has 1 aromatic rings. The van der Waals surface area contributed by atoms with E-state index in [0.29, 0.717) is 23.7 Å². The molecule has 1 N–H and O–H groups in total. The Kier molecular flexibility index (Phi) is 4.67. The van der Waals surface area contributed by atoms with Crippen LogP contribution in [0.3, 0.4) is 0 Å². The third-order valence-electron chi connectivity index (χ3n) is 3.29. The summed E-state index contributed by atoms with van der Waals surface area (Å²) >= 11 is 5.78. The van der Waals surface area contributed by atoms with E-state index in [1.54, 1.807) is 24.3 Å². The highest BCUT2D eigenvalue weighted by molar-refractivity contribution is 7.88. The monoisotopic (exact) mass is 316 g/mol. The van der Waals surface area contributed by atoms with E-state index in [1.807, 2.05) is 0 Å². The minimum absolute atomic E-state index is 0.294. The Balaban J connectivity index is 2.12. The number of anilines is 1. The molecular formula is C13H17ClN2O3S. The molecule has 0 unspecified atom stereocenters. The van der Waals surface area contributed by atoms with Gasteiger partial charge in [0.05, 0.1) is 6.26 Å². The van der Waals surface area contributed by atoms with Crippen LogP contribution in [0.4, 0.5) is 5.69 Å². The van der Waals surface area contributed by atoms with Gasteiger partial charge in [-0.05, 0) is 37.1 Å². The van der Waals surface area contributed by atoms with E-state index in [0.717, 1.165) is 19.1 Å². The first kappa shape index (κ1) is 15.3. The molecule has 1 fully saturated rings. The summed E-state index contributed by atoms with van der Waals surface area (Å²) in [4.78, 5) is 12.3. The number of carbonyl (C=O) groups excluding carboxylic acids is 1. The number of hydrogen-bond acceptors (Lipinski definition) is 3. The van der Waals surface area contributed by atoms with Crippen LogP contribution < -0.4 is 5.32 Å². The number of rotatable bonds is 3. The molecular weight excluding hydrogens is 300 g/mol. The topological polar surface area (TPSA) is 66.5 Å². The minimum Gasteiger partial charge on any atom is -0.325 e. The Morgan fingerprint density at radius 2 is 1.95 bits per heavy atom. The van der Waals surface area contributed by atoms with Gasteiger partial charge in [-0.1, -0.05) is 18.0 Å². The highest BCUT2D eigenvalue weighted by atomic mass is 35.5. The van der Waals surface area contributed by atoms with Crippen molar-refractivity contribution in [3.05, 3.63) is 29.3 Å². The van der Waals surface area contributed by atoms with Crippen molar-refractivity contribution in [1.82, 2.24) is 4.31 Å². The molecule has 0 spiro atoms. The van der Waals surface area contributed by atoms with E-state index in [2.05, 4.69) is 5.32 Å². The van der Waals surface area contributed by atoms with E-state index in [-0.39, 0.29) is 5.91 Å². The van der Waals surface area contributed by atoms with E-state index < -0.39 is 16.1 Å². The van der Waals surface area contributed by atoms with Gasteiger partial charge in [0.1, 0.15) is 6.04 Å². The number of hydrogen-bond donors (Lipinski definition) is 1. The second-order valence-corrected chi connectivity index (χ2v) is 7.25. The van der Waals surface area contributed by atoms with Crippen LogP contribution in [0, 0.1) is 0 Å². The second-order valence-electron chi connectivity index (χ2n) is 4.88. The fourth-order valence-corrected chi connectivity index (χ4v) is 3.57. The fraction of sp³-hybridized carbons (Fsp3) is 0.462. The summed E-state index contributed by atoms with van der Waals surface area (Å²) in [5.74, 6) is -0.294. The number of halogens is 1. The molecule has 0 radical (unpaired) electrons. The van der Waals surface area contributed by atoms with Gasteiger partial charge < -0.3 is 5.32 Å². The Labute approximate surface area is 124 Å². The molecule has 7 heteroatoms. The molecule has 0 aliphatic carbocycles. The van der Waals surface area contributed by atoms with Crippen molar-refractivity contribution in [2.75, 3.05) is 18.1 Å². The quantitative estimate of drug-likeness (QED) is 0.928. The van der Waals surface area contributed by atoms with Crippen molar-refractivity contribution in [3.63, 3.8) is 0 Å². The highest BCUT2D eigenvalue weighted by Gasteiger charge is 2.34. The van der Waals surface area contributed by atoms with Gasteiger partial charge in [0, 0.05) is 17.3 Å². The number of amides is 1. The minimum atomic E-state index is -3.37. The van der Waals surface area contributed by atoms with Gasteiger partial charge in [0.15, 0.2) is 0 Å². The van der Waals surface area contributed by atoms with Crippen LogP contribution in [0.25, 0.3) is 0 Å². The van der Waals surface area contributed by atoms with Gasteiger partial charge in [0.25, 0.3) is 0 Å². The first-order valence-corrected chi connectivity index (χ1v) is 8.64. The van der Waals surface area contributed by atoms with E-state index in [4.69, 9.17) is 11.6 Å². The Morgan fingerprint density at radius 3 is 2.55 bits per heavy atom. The van der Waals surface area contributed by atoms with Crippen LogP contribution in [0.2, 0.25) is 5.02 Å². The molecule has 2 rings (SSSR count). The molecule has 20 heavy (non-hydrogen) atoms. The van der Waals surface area contributed by atoms with Gasteiger partial charge in [0.2, 0.25) is 15.9 Å². The number of carbonyl (C=O) groups is 1. The van der Waals surface area contributed by atoms with Crippen LogP contribution in [0.5, 0.6) is 0 Å². The van der Waals surface area contributed by atoms with Crippen molar-refractivity contribution in [1.29, 1.82) is 0 Å².